The third kappa shape index (κ3) is 4.33. The number of hydrogen-bond acceptors (Lipinski definition) is 4. The van der Waals surface area contributed by atoms with Crippen LogP contribution in [0.3, 0.4) is 0 Å². The predicted molar refractivity (Wildman–Crippen MR) is 117 cm³/mol. The molecule has 0 saturated carbocycles. The second-order valence-electron chi connectivity index (χ2n) is 7.89. The quantitative estimate of drug-likeness (QED) is 0.604. The highest BCUT2D eigenvalue weighted by atomic mass is 16.5. The molecule has 4 heteroatoms. The van der Waals surface area contributed by atoms with Crippen molar-refractivity contribution in [3.63, 3.8) is 0 Å². The van der Waals surface area contributed by atoms with E-state index >= 15 is 0 Å². The van der Waals surface area contributed by atoms with Gasteiger partial charge in [-0.1, -0.05) is 61.0 Å². The van der Waals surface area contributed by atoms with Crippen LogP contribution >= 0.6 is 0 Å². The summed E-state index contributed by atoms with van der Waals surface area (Å²) < 4.78 is 5.54. The van der Waals surface area contributed by atoms with Crippen LogP contribution in [-0.2, 0) is 9.53 Å². The van der Waals surface area contributed by atoms with Gasteiger partial charge in [-0.25, -0.2) is 0 Å². The summed E-state index contributed by atoms with van der Waals surface area (Å²) in [6.45, 7) is 5.29. The van der Waals surface area contributed by atoms with Crippen molar-refractivity contribution in [3.8, 4) is 0 Å². The first kappa shape index (κ1) is 19.6. The largest absolute Gasteiger partial charge is 0.464 e. The number of piperidine rings is 1. The number of rotatable bonds is 5. The first-order chi connectivity index (χ1) is 14.1. The van der Waals surface area contributed by atoms with E-state index in [-0.39, 0.29) is 17.3 Å². The van der Waals surface area contributed by atoms with Crippen LogP contribution in [0.25, 0.3) is 21.5 Å². The highest BCUT2D eigenvalue weighted by molar-refractivity contribution is 5.94. The Bertz CT molecular complexity index is 1090. The van der Waals surface area contributed by atoms with Crippen molar-refractivity contribution in [2.24, 2.45) is 0 Å². The van der Waals surface area contributed by atoms with Gasteiger partial charge in [0, 0.05) is 17.3 Å². The van der Waals surface area contributed by atoms with E-state index < -0.39 is 0 Å². The van der Waals surface area contributed by atoms with Gasteiger partial charge in [-0.05, 0) is 49.2 Å². The summed E-state index contributed by atoms with van der Waals surface area (Å²) in [4.78, 5) is 27.8. The predicted octanol–water partition coefficient (Wildman–Crippen LogP) is 4.49. The van der Waals surface area contributed by atoms with Crippen LogP contribution in [0.15, 0.2) is 59.4 Å². The number of fused-ring (bicyclic) bond motifs is 2. The maximum atomic E-state index is 12.9. The lowest BCUT2D eigenvalue weighted by Crippen LogP contribution is -2.33. The number of esters is 1. The Balaban J connectivity index is 1.51. The van der Waals surface area contributed by atoms with Crippen LogP contribution in [0.1, 0.15) is 37.7 Å². The van der Waals surface area contributed by atoms with Crippen molar-refractivity contribution in [3.05, 3.63) is 70.4 Å². The molecular formula is C25H27NO3. The molecule has 1 heterocycles. The van der Waals surface area contributed by atoms with E-state index in [0.29, 0.717) is 17.4 Å². The van der Waals surface area contributed by atoms with Crippen molar-refractivity contribution >= 4 is 27.5 Å². The average Bonchev–Trinajstić information content (AvgIpc) is 2.90. The topological polar surface area (TPSA) is 46.6 Å². The van der Waals surface area contributed by atoms with Crippen LogP contribution in [-0.4, -0.2) is 37.1 Å². The van der Waals surface area contributed by atoms with Gasteiger partial charge in [0.1, 0.15) is 6.61 Å². The highest BCUT2D eigenvalue weighted by Crippen LogP contribution is 2.22. The Hall–Kier alpha value is -2.72. The number of carbonyl (C=O) groups excluding carboxylic acids is 1. The maximum absolute atomic E-state index is 12.9. The summed E-state index contributed by atoms with van der Waals surface area (Å²) in [6.07, 6.45) is 3.76. The van der Waals surface area contributed by atoms with Crippen LogP contribution in [0, 0.1) is 0 Å². The molecule has 29 heavy (non-hydrogen) atoms. The second kappa shape index (κ2) is 8.75. The van der Waals surface area contributed by atoms with E-state index in [4.69, 9.17) is 4.74 Å². The fourth-order valence-corrected chi connectivity index (χ4v) is 4.09. The standard InChI is InChI=1S/C25H27NO3/c1-18(25(28)29-16-15-26-13-5-2-6-14-26)20-11-12-23-21(17-20)10-9-19-7-3-4-8-22(19)24(23)27/h3-4,7-12,17-18H,2,5-6,13-16H2,1H3. The van der Waals surface area contributed by atoms with Crippen molar-refractivity contribution in [1.82, 2.24) is 4.90 Å². The molecule has 4 nitrogen and oxygen atoms in total. The molecule has 0 radical (unpaired) electrons. The number of ether oxygens (including phenoxy) is 1. The van der Waals surface area contributed by atoms with Crippen LogP contribution in [0.4, 0.5) is 0 Å². The second-order valence-corrected chi connectivity index (χ2v) is 7.89. The van der Waals surface area contributed by atoms with E-state index in [0.717, 1.165) is 36.0 Å². The Morgan fingerprint density at radius 1 is 0.966 bits per heavy atom. The molecule has 1 aliphatic rings. The number of benzene rings is 2. The molecule has 1 atom stereocenters. The molecule has 0 amide bonds. The minimum atomic E-state index is -0.365. The van der Waals surface area contributed by atoms with E-state index in [1.807, 2.05) is 61.5 Å². The zero-order valence-corrected chi connectivity index (χ0v) is 16.9. The molecule has 0 aromatic heterocycles. The summed E-state index contributed by atoms with van der Waals surface area (Å²) in [7, 11) is 0. The van der Waals surface area contributed by atoms with E-state index in [2.05, 4.69) is 4.90 Å². The van der Waals surface area contributed by atoms with Gasteiger partial charge in [0.15, 0.2) is 5.43 Å². The fourth-order valence-electron chi connectivity index (χ4n) is 4.09. The molecule has 0 aliphatic carbocycles. The lowest BCUT2D eigenvalue weighted by Gasteiger charge is -2.26. The smallest absolute Gasteiger partial charge is 0.313 e. The molecule has 1 fully saturated rings. The van der Waals surface area contributed by atoms with Crippen molar-refractivity contribution in [2.75, 3.05) is 26.2 Å². The highest BCUT2D eigenvalue weighted by Gasteiger charge is 2.18. The summed E-state index contributed by atoms with van der Waals surface area (Å²) in [5, 5.41) is 3.14. The van der Waals surface area contributed by atoms with Crippen LogP contribution in [0.5, 0.6) is 0 Å². The minimum absolute atomic E-state index is 0.0175. The molecule has 1 unspecified atom stereocenters. The fraction of sp³-hybridized carbons (Fsp3) is 0.360. The molecular weight excluding hydrogens is 362 g/mol. The van der Waals surface area contributed by atoms with E-state index in [1.54, 1.807) is 0 Å². The van der Waals surface area contributed by atoms with Crippen molar-refractivity contribution in [2.45, 2.75) is 32.1 Å². The number of nitrogens with zero attached hydrogens (tertiary/aromatic N) is 1. The Morgan fingerprint density at radius 2 is 1.69 bits per heavy atom. The van der Waals surface area contributed by atoms with E-state index in [1.165, 1.54) is 19.3 Å². The SMILES string of the molecule is CC(C(=O)OCCN1CCCCC1)c1ccc2c(=O)c3ccccc3ccc2c1. The first-order valence-electron chi connectivity index (χ1n) is 10.5. The number of hydrogen-bond donors (Lipinski definition) is 0. The summed E-state index contributed by atoms with van der Waals surface area (Å²) in [6, 6.07) is 17.2. The van der Waals surface area contributed by atoms with Gasteiger partial charge >= 0.3 is 5.97 Å². The molecule has 0 spiro atoms. The molecule has 4 rings (SSSR count). The van der Waals surface area contributed by atoms with Gasteiger partial charge in [-0.2, -0.15) is 0 Å². The zero-order chi connectivity index (χ0) is 20.2. The Kier molecular flexibility index (Phi) is 5.91. The van der Waals surface area contributed by atoms with Gasteiger partial charge in [-0.15, -0.1) is 0 Å². The lowest BCUT2D eigenvalue weighted by atomic mass is 9.98. The van der Waals surface area contributed by atoms with Crippen LogP contribution in [0.2, 0.25) is 0 Å². The van der Waals surface area contributed by atoms with E-state index in [9.17, 15) is 9.59 Å². The summed E-state index contributed by atoms with van der Waals surface area (Å²) in [5.41, 5.74) is 0.888. The molecule has 150 valence electrons. The van der Waals surface area contributed by atoms with Crippen molar-refractivity contribution < 1.29 is 9.53 Å². The van der Waals surface area contributed by atoms with Crippen LogP contribution < -0.4 is 5.43 Å². The van der Waals surface area contributed by atoms with Crippen molar-refractivity contribution in [1.29, 1.82) is 0 Å². The van der Waals surface area contributed by atoms with Gasteiger partial charge in [0.2, 0.25) is 0 Å². The molecule has 0 N–H and O–H groups in total. The first-order valence-corrected chi connectivity index (χ1v) is 10.5. The number of likely N-dealkylation sites (tertiary alicyclic amines) is 1. The molecule has 1 aliphatic heterocycles. The normalized spacial score (nSPS) is 16.0. The molecule has 1 saturated heterocycles. The summed E-state index contributed by atoms with van der Waals surface area (Å²) >= 11 is 0. The summed E-state index contributed by atoms with van der Waals surface area (Å²) in [5.74, 6) is -0.579. The molecule has 0 bridgehead atoms. The van der Waals surface area contributed by atoms with Gasteiger partial charge in [-0.3, -0.25) is 14.5 Å². The third-order valence-electron chi connectivity index (χ3n) is 5.92. The van der Waals surface area contributed by atoms with Gasteiger partial charge in [0.05, 0.1) is 5.92 Å². The number of carbonyl (C=O) groups is 1. The lowest BCUT2D eigenvalue weighted by molar-refractivity contribution is -0.145. The van der Waals surface area contributed by atoms with Gasteiger partial charge < -0.3 is 4.74 Å². The molecule has 3 aromatic rings. The molecule has 3 aromatic carbocycles. The average molecular weight is 389 g/mol. The maximum Gasteiger partial charge on any atom is 0.313 e. The Morgan fingerprint density at radius 3 is 2.52 bits per heavy atom. The zero-order valence-electron chi connectivity index (χ0n) is 16.9. The third-order valence-corrected chi connectivity index (χ3v) is 5.92. The Labute approximate surface area is 171 Å². The van der Waals surface area contributed by atoms with Gasteiger partial charge in [0.25, 0.3) is 0 Å². The minimum Gasteiger partial charge on any atom is -0.464 e. The monoisotopic (exact) mass is 389 g/mol.